The summed E-state index contributed by atoms with van der Waals surface area (Å²) in [5.41, 5.74) is 1.19. The number of carbonyl (C=O) groups excluding carboxylic acids is 1. The summed E-state index contributed by atoms with van der Waals surface area (Å²) in [6.07, 6.45) is 1.39. The fourth-order valence-corrected chi connectivity index (χ4v) is 2.50. The van der Waals surface area contributed by atoms with Gasteiger partial charge in [-0.3, -0.25) is 4.79 Å². The molecule has 0 bridgehead atoms. The summed E-state index contributed by atoms with van der Waals surface area (Å²) >= 11 is 0. The Hall–Kier alpha value is -0.400. The van der Waals surface area contributed by atoms with Crippen LogP contribution in [0, 0.1) is 0 Å². The summed E-state index contributed by atoms with van der Waals surface area (Å²) in [7, 11) is -4.33. The third-order valence-electron chi connectivity index (χ3n) is 3.18. The van der Waals surface area contributed by atoms with Crippen LogP contribution in [-0.4, -0.2) is 25.4 Å². The molecule has 1 aromatic carbocycles. The van der Waals surface area contributed by atoms with Crippen LogP contribution >= 0.6 is 0 Å². The maximum Gasteiger partial charge on any atom is 1.00 e. The first-order valence-corrected chi connectivity index (χ1v) is 7.22. The Balaban J connectivity index is 0.00000180. The molecule has 1 saturated heterocycles. The van der Waals surface area contributed by atoms with Crippen molar-refractivity contribution in [2.24, 2.45) is 0 Å². The van der Waals surface area contributed by atoms with E-state index in [0.29, 0.717) is 18.5 Å². The molecule has 0 aromatic heterocycles. The molecule has 1 aliphatic rings. The van der Waals surface area contributed by atoms with E-state index in [-0.39, 0.29) is 35.5 Å². The van der Waals surface area contributed by atoms with E-state index in [1.54, 1.807) is 29.2 Å². The van der Waals surface area contributed by atoms with Gasteiger partial charge in [-0.2, -0.15) is 0 Å². The second-order valence-corrected chi connectivity index (χ2v) is 6.07. The zero-order valence-corrected chi connectivity index (χ0v) is 13.8. The van der Waals surface area contributed by atoms with Crippen molar-refractivity contribution >= 4 is 21.7 Å². The Bertz CT molecular complexity index is 556. The van der Waals surface area contributed by atoms with Crippen molar-refractivity contribution in [1.29, 1.82) is 0 Å². The summed E-state index contributed by atoms with van der Waals surface area (Å²) < 4.78 is 32.7. The van der Waals surface area contributed by atoms with Gasteiger partial charge in [0.05, 0.1) is 5.25 Å². The van der Waals surface area contributed by atoms with E-state index in [0.717, 1.165) is 12.1 Å². The van der Waals surface area contributed by atoms with Crippen molar-refractivity contribution in [2.45, 2.75) is 25.0 Å². The maximum absolute atomic E-state index is 11.5. The van der Waals surface area contributed by atoms with Crippen LogP contribution in [0.2, 0.25) is 0 Å². The molecule has 1 aromatic rings. The molecule has 1 aliphatic heterocycles. The molecular weight excluding hydrogens is 277 g/mol. The standard InChI is InChI=1S/C12H15NO4S.Na/c1-9(18(15,16)17)10-4-6-11(7-5-10)13-8-2-3-12(13)14;/h4-7,9H,2-3,8H2,1H3,(H,15,16,17);/q;+1/p-1/t9-;/m0./s1. The number of rotatable bonds is 3. The van der Waals surface area contributed by atoms with Crippen molar-refractivity contribution in [3.05, 3.63) is 29.8 Å². The third kappa shape index (κ3) is 3.79. The van der Waals surface area contributed by atoms with E-state index in [1.807, 2.05) is 0 Å². The van der Waals surface area contributed by atoms with Crippen LogP contribution in [0.15, 0.2) is 24.3 Å². The molecule has 0 spiro atoms. The topological polar surface area (TPSA) is 77.5 Å². The largest absolute Gasteiger partial charge is 1.00 e. The fraction of sp³-hybridized carbons (Fsp3) is 0.417. The average molecular weight is 291 g/mol. The zero-order chi connectivity index (χ0) is 13.3. The third-order valence-corrected chi connectivity index (χ3v) is 4.32. The van der Waals surface area contributed by atoms with E-state index in [2.05, 4.69) is 0 Å². The van der Waals surface area contributed by atoms with Crippen LogP contribution in [0.3, 0.4) is 0 Å². The molecule has 0 N–H and O–H groups in total. The minimum Gasteiger partial charge on any atom is -0.747 e. The fourth-order valence-electron chi connectivity index (χ4n) is 2.01. The van der Waals surface area contributed by atoms with E-state index < -0.39 is 15.4 Å². The van der Waals surface area contributed by atoms with Gasteiger partial charge in [0.2, 0.25) is 5.91 Å². The minimum absolute atomic E-state index is 0. The molecule has 98 valence electrons. The predicted molar refractivity (Wildman–Crippen MR) is 66.1 cm³/mol. The first-order valence-electron chi connectivity index (χ1n) is 5.74. The summed E-state index contributed by atoms with van der Waals surface area (Å²) in [6, 6.07) is 6.53. The molecule has 1 heterocycles. The maximum atomic E-state index is 11.5. The molecule has 1 amide bonds. The van der Waals surface area contributed by atoms with Gasteiger partial charge < -0.3 is 9.45 Å². The number of hydrogen-bond donors (Lipinski definition) is 0. The normalized spacial score (nSPS) is 17.2. The second kappa shape index (κ2) is 6.37. The number of hydrogen-bond acceptors (Lipinski definition) is 4. The molecular formula is C12H14NNaO4S. The van der Waals surface area contributed by atoms with Crippen LogP contribution in [0.4, 0.5) is 5.69 Å². The van der Waals surface area contributed by atoms with Gasteiger partial charge >= 0.3 is 29.6 Å². The smallest absolute Gasteiger partial charge is 0.747 e. The van der Waals surface area contributed by atoms with Crippen LogP contribution in [-0.2, 0) is 14.9 Å². The second-order valence-electron chi connectivity index (χ2n) is 4.38. The van der Waals surface area contributed by atoms with E-state index in [9.17, 15) is 17.8 Å². The molecule has 1 atom stereocenters. The summed E-state index contributed by atoms with van der Waals surface area (Å²) in [6.45, 7) is 2.05. The molecule has 7 heteroatoms. The van der Waals surface area contributed by atoms with Gasteiger partial charge in [-0.25, -0.2) is 8.42 Å². The number of amides is 1. The van der Waals surface area contributed by atoms with Gasteiger partial charge in [0, 0.05) is 18.7 Å². The molecule has 2 rings (SSSR count). The summed E-state index contributed by atoms with van der Waals surface area (Å²) in [5, 5.41) is -1.07. The monoisotopic (exact) mass is 291 g/mol. The van der Waals surface area contributed by atoms with Crippen molar-refractivity contribution in [3.8, 4) is 0 Å². The van der Waals surface area contributed by atoms with Crippen LogP contribution in [0.5, 0.6) is 0 Å². The van der Waals surface area contributed by atoms with Crippen molar-refractivity contribution in [1.82, 2.24) is 0 Å². The number of nitrogens with zero attached hydrogens (tertiary/aromatic N) is 1. The number of carbonyl (C=O) groups is 1. The Morgan fingerprint density at radius 1 is 1.26 bits per heavy atom. The van der Waals surface area contributed by atoms with Gasteiger partial charge in [-0.15, -0.1) is 0 Å². The van der Waals surface area contributed by atoms with E-state index in [4.69, 9.17) is 0 Å². The van der Waals surface area contributed by atoms with Crippen molar-refractivity contribution < 1.29 is 47.3 Å². The Morgan fingerprint density at radius 2 is 1.84 bits per heavy atom. The molecule has 19 heavy (non-hydrogen) atoms. The zero-order valence-electron chi connectivity index (χ0n) is 11.0. The predicted octanol–water partition coefficient (Wildman–Crippen LogP) is -1.58. The van der Waals surface area contributed by atoms with Crippen LogP contribution in [0.25, 0.3) is 0 Å². The first kappa shape index (κ1) is 16.7. The SMILES string of the molecule is C[C@@H](c1ccc(N2CCCC2=O)cc1)S(=O)(=O)[O-].[Na+]. The van der Waals surface area contributed by atoms with Gasteiger partial charge in [-0.05, 0) is 31.0 Å². The summed E-state index contributed by atoms with van der Waals surface area (Å²) in [4.78, 5) is 13.2. The van der Waals surface area contributed by atoms with E-state index >= 15 is 0 Å². The number of benzene rings is 1. The Morgan fingerprint density at radius 3 is 2.26 bits per heavy atom. The summed E-state index contributed by atoms with van der Waals surface area (Å²) in [5.74, 6) is 0.0762. The minimum atomic E-state index is -4.33. The first-order chi connectivity index (χ1) is 8.39. The van der Waals surface area contributed by atoms with Crippen molar-refractivity contribution in [2.75, 3.05) is 11.4 Å². The molecule has 0 aliphatic carbocycles. The van der Waals surface area contributed by atoms with Gasteiger partial charge in [0.1, 0.15) is 10.1 Å². The van der Waals surface area contributed by atoms with Crippen LogP contribution in [0.1, 0.15) is 30.6 Å². The van der Waals surface area contributed by atoms with Gasteiger partial charge in [-0.1, -0.05) is 12.1 Å². The average Bonchev–Trinajstić information content (AvgIpc) is 2.73. The van der Waals surface area contributed by atoms with Crippen molar-refractivity contribution in [3.63, 3.8) is 0 Å². The molecule has 5 nitrogen and oxygen atoms in total. The molecule has 0 saturated carbocycles. The Labute approximate surface area is 135 Å². The van der Waals surface area contributed by atoms with Gasteiger partial charge in [0.25, 0.3) is 0 Å². The quantitative estimate of drug-likeness (QED) is 0.498. The van der Waals surface area contributed by atoms with Gasteiger partial charge in [0.15, 0.2) is 0 Å². The number of anilines is 1. The molecule has 1 fully saturated rings. The Kier molecular flexibility index (Phi) is 5.58. The molecule has 0 radical (unpaired) electrons. The van der Waals surface area contributed by atoms with Crippen LogP contribution < -0.4 is 34.5 Å². The molecule has 0 unspecified atom stereocenters. The van der Waals surface area contributed by atoms with E-state index in [1.165, 1.54) is 6.92 Å².